The van der Waals surface area contributed by atoms with Gasteiger partial charge < -0.3 is 14.6 Å². The third-order valence-electron chi connectivity index (χ3n) is 2.70. The lowest BCUT2D eigenvalue weighted by atomic mass is 9.99. The van der Waals surface area contributed by atoms with Crippen molar-refractivity contribution >= 4 is 21.9 Å². The first-order chi connectivity index (χ1) is 8.43. The fourth-order valence-corrected chi connectivity index (χ4v) is 2.33. The highest BCUT2D eigenvalue weighted by Crippen LogP contribution is 2.36. The van der Waals surface area contributed by atoms with Crippen molar-refractivity contribution in [3.8, 4) is 5.75 Å². The number of benzene rings is 1. The van der Waals surface area contributed by atoms with Crippen LogP contribution in [0.5, 0.6) is 5.75 Å². The number of esters is 1. The Kier molecular flexibility index (Phi) is 5.16. The van der Waals surface area contributed by atoms with Crippen molar-refractivity contribution in [3.63, 3.8) is 0 Å². The molecule has 100 valence electrons. The van der Waals surface area contributed by atoms with Crippen LogP contribution >= 0.6 is 15.9 Å². The highest BCUT2D eigenvalue weighted by atomic mass is 79.9. The van der Waals surface area contributed by atoms with Crippen LogP contribution < -0.4 is 4.74 Å². The lowest BCUT2D eigenvalue weighted by molar-refractivity contribution is -0.153. The summed E-state index contributed by atoms with van der Waals surface area (Å²) in [4.78, 5) is 11.6. The molecule has 1 aromatic rings. The third kappa shape index (κ3) is 2.84. The third-order valence-corrected chi connectivity index (χ3v) is 3.52. The Hall–Kier alpha value is -1.07. The Labute approximate surface area is 115 Å². The second-order valence-electron chi connectivity index (χ2n) is 3.90. The quantitative estimate of drug-likeness (QED) is 0.868. The predicted octanol–water partition coefficient (Wildman–Crippen LogP) is 2.67. The number of halogens is 1. The monoisotopic (exact) mass is 316 g/mol. The summed E-state index contributed by atoms with van der Waals surface area (Å²) < 4.78 is 11.0. The molecule has 0 bridgehead atoms. The molecule has 0 saturated heterocycles. The van der Waals surface area contributed by atoms with Gasteiger partial charge in [-0.05, 0) is 32.4 Å². The van der Waals surface area contributed by atoms with E-state index in [0.717, 1.165) is 15.6 Å². The first-order valence-corrected chi connectivity index (χ1v) is 6.41. The van der Waals surface area contributed by atoms with Crippen molar-refractivity contribution in [2.75, 3.05) is 13.7 Å². The zero-order valence-corrected chi connectivity index (χ0v) is 12.5. The standard InChI is InChI=1S/C13H17BrO4/c1-5-18-13(16)11(15)10-7(2)6-9(14)8(3)12(10)17-4/h6,11,15H,5H2,1-4H3. The van der Waals surface area contributed by atoms with Gasteiger partial charge in [-0.3, -0.25) is 0 Å². The fourth-order valence-electron chi connectivity index (χ4n) is 1.81. The van der Waals surface area contributed by atoms with Crippen LogP contribution in [-0.4, -0.2) is 24.8 Å². The molecule has 0 radical (unpaired) electrons. The molecule has 0 aliphatic carbocycles. The molecule has 0 aromatic heterocycles. The maximum absolute atomic E-state index is 11.6. The zero-order valence-electron chi connectivity index (χ0n) is 10.9. The highest BCUT2D eigenvalue weighted by Gasteiger charge is 2.26. The van der Waals surface area contributed by atoms with Crippen molar-refractivity contribution in [2.45, 2.75) is 26.9 Å². The van der Waals surface area contributed by atoms with E-state index in [1.807, 2.05) is 19.9 Å². The van der Waals surface area contributed by atoms with E-state index in [1.165, 1.54) is 7.11 Å². The van der Waals surface area contributed by atoms with Gasteiger partial charge in [0, 0.05) is 15.6 Å². The van der Waals surface area contributed by atoms with Gasteiger partial charge in [0.15, 0.2) is 6.10 Å². The number of hydrogen-bond acceptors (Lipinski definition) is 4. The van der Waals surface area contributed by atoms with Gasteiger partial charge in [-0.1, -0.05) is 15.9 Å². The molecule has 1 aromatic carbocycles. The lowest BCUT2D eigenvalue weighted by Gasteiger charge is -2.19. The SMILES string of the molecule is CCOC(=O)C(O)c1c(C)cc(Br)c(C)c1OC. The van der Waals surface area contributed by atoms with E-state index in [0.29, 0.717) is 11.3 Å². The summed E-state index contributed by atoms with van der Waals surface area (Å²) in [6.07, 6.45) is -1.33. The number of carbonyl (C=O) groups excluding carboxylic acids is 1. The molecule has 0 fully saturated rings. The summed E-state index contributed by atoms with van der Waals surface area (Å²) >= 11 is 3.41. The summed E-state index contributed by atoms with van der Waals surface area (Å²) in [5, 5.41) is 10.1. The minimum atomic E-state index is -1.33. The van der Waals surface area contributed by atoms with Gasteiger partial charge in [-0.25, -0.2) is 4.79 Å². The number of ether oxygens (including phenoxy) is 2. The number of aliphatic hydroxyl groups excluding tert-OH is 1. The Morgan fingerprint density at radius 3 is 2.61 bits per heavy atom. The summed E-state index contributed by atoms with van der Waals surface area (Å²) in [7, 11) is 1.51. The number of rotatable bonds is 4. The predicted molar refractivity (Wildman–Crippen MR) is 71.8 cm³/mol. The smallest absolute Gasteiger partial charge is 0.339 e. The van der Waals surface area contributed by atoms with E-state index >= 15 is 0 Å². The van der Waals surface area contributed by atoms with E-state index in [4.69, 9.17) is 9.47 Å². The van der Waals surface area contributed by atoms with Crippen LogP contribution in [-0.2, 0) is 9.53 Å². The van der Waals surface area contributed by atoms with E-state index in [2.05, 4.69) is 15.9 Å². The van der Waals surface area contributed by atoms with Gasteiger partial charge in [0.25, 0.3) is 0 Å². The minimum Gasteiger partial charge on any atom is -0.496 e. The molecule has 4 nitrogen and oxygen atoms in total. The Morgan fingerprint density at radius 2 is 2.11 bits per heavy atom. The second kappa shape index (κ2) is 6.20. The average molecular weight is 317 g/mol. The van der Waals surface area contributed by atoms with Gasteiger partial charge >= 0.3 is 5.97 Å². The summed E-state index contributed by atoms with van der Waals surface area (Å²) in [6, 6.07) is 1.84. The van der Waals surface area contributed by atoms with Gasteiger partial charge in [-0.2, -0.15) is 0 Å². The number of aryl methyl sites for hydroxylation is 1. The van der Waals surface area contributed by atoms with Crippen LogP contribution in [0.4, 0.5) is 0 Å². The molecule has 5 heteroatoms. The maximum Gasteiger partial charge on any atom is 0.339 e. The van der Waals surface area contributed by atoms with Crippen LogP contribution in [0.2, 0.25) is 0 Å². The molecule has 0 aliphatic rings. The molecule has 1 atom stereocenters. The topological polar surface area (TPSA) is 55.8 Å². The number of methoxy groups -OCH3 is 1. The van der Waals surface area contributed by atoms with Crippen molar-refractivity contribution in [2.24, 2.45) is 0 Å². The highest BCUT2D eigenvalue weighted by molar-refractivity contribution is 9.10. The lowest BCUT2D eigenvalue weighted by Crippen LogP contribution is -2.17. The van der Waals surface area contributed by atoms with Crippen LogP contribution in [0.15, 0.2) is 10.5 Å². The fraction of sp³-hybridized carbons (Fsp3) is 0.462. The number of hydrogen-bond donors (Lipinski definition) is 1. The molecule has 1 N–H and O–H groups in total. The molecule has 0 spiro atoms. The summed E-state index contributed by atoms with van der Waals surface area (Å²) in [6.45, 7) is 5.59. The molecule has 0 aliphatic heterocycles. The summed E-state index contributed by atoms with van der Waals surface area (Å²) in [5.41, 5.74) is 2.06. The Morgan fingerprint density at radius 1 is 1.50 bits per heavy atom. The van der Waals surface area contributed by atoms with Crippen LogP contribution in [0.1, 0.15) is 29.7 Å². The molecule has 0 amide bonds. The van der Waals surface area contributed by atoms with E-state index in [9.17, 15) is 9.90 Å². The zero-order chi connectivity index (χ0) is 13.9. The molecule has 1 rings (SSSR count). The van der Waals surface area contributed by atoms with Gasteiger partial charge in [0.05, 0.1) is 13.7 Å². The first kappa shape index (κ1) is 15.0. The van der Waals surface area contributed by atoms with Crippen LogP contribution in [0, 0.1) is 13.8 Å². The van der Waals surface area contributed by atoms with Gasteiger partial charge in [-0.15, -0.1) is 0 Å². The van der Waals surface area contributed by atoms with E-state index < -0.39 is 12.1 Å². The normalized spacial score (nSPS) is 12.1. The van der Waals surface area contributed by atoms with Crippen molar-refractivity contribution in [3.05, 3.63) is 27.2 Å². The molecular formula is C13H17BrO4. The molecule has 1 unspecified atom stereocenters. The van der Waals surface area contributed by atoms with E-state index in [1.54, 1.807) is 6.92 Å². The van der Waals surface area contributed by atoms with Crippen LogP contribution in [0.3, 0.4) is 0 Å². The largest absolute Gasteiger partial charge is 0.496 e. The number of carbonyl (C=O) groups is 1. The average Bonchev–Trinajstić information content (AvgIpc) is 2.32. The minimum absolute atomic E-state index is 0.229. The molecule has 0 heterocycles. The van der Waals surface area contributed by atoms with Crippen molar-refractivity contribution in [1.29, 1.82) is 0 Å². The Balaban J connectivity index is 3.31. The molecule has 0 saturated carbocycles. The summed E-state index contributed by atoms with van der Waals surface area (Å²) in [5.74, 6) is -0.164. The Bertz CT molecular complexity index is 457. The maximum atomic E-state index is 11.6. The van der Waals surface area contributed by atoms with Crippen molar-refractivity contribution < 1.29 is 19.4 Å². The van der Waals surface area contributed by atoms with Gasteiger partial charge in [0.1, 0.15) is 5.75 Å². The second-order valence-corrected chi connectivity index (χ2v) is 4.76. The van der Waals surface area contributed by atoms with Crippen LogP contribution in [0.25, 0.3) is 0 Å². The molecule has 18 heavy (non-hydrogen) atoms. The van der Waals surface area contributed by atoms with Gasteiger partial charge in [0.2, 0.25) is 0 Å². The van der Waals surface area contributed by atoms with Crippen molar-refractivity contribution in [1.82, 2.24) is 0 Å². The first-order valence-electron chi connectivity index (χ1n) is 5.62. The molecular weight excluding hydrogens is 300 g/mol. The van der Waals surface area contributed by atoms with E-state index in [-0.39, 0.29) is 6.61 Å². The number of aliphatic hydroxyl groups is 1.